The summed E-state index contributed by atoms with van der Waals surface area (Å²) in [5.74, 6) is 0.282. The molecule has 1 aliphatic heterocycles. The number of alkyl halides is 3. The van der Waals surface area contributed by atoms with Gasteiger partial charge in [-0.15, -0.1) is 0 Å². The van der Waals surface area contributed by atoms with Crippen molar-refractivity contribution < 1.29 is 18.0 Å². The largest absolute Gasteiger partial charge is 0.416 e. The number of hydrogen-bond donors (Lipinski definition) is 0. The predicted molar refractivity (Wildman–Crippen MR) is 118 cm³/mol. The topological polar surface area (TPSA) is 47.3 Å². The van der Waals surface area contributed by atoms with E-state index in [1.165, 1.54) is 12.1 Å². The average molecular weight is 464 g/mol. The maximum atomic E-state index is 13.6. The molecule has 0 unspecified atom stereocenters. The number of halogens is 4. The number of benzene rings is 2. The van der Waals surface area contributed by atoms with Gasteiger partial charge in [-0.1, -0.05) is 43.6 Å². The van der Waals surface area contributed by atoms with E-state index in [1.807, 2.05) is 24.8 Å². The van der Waals surface area contributed by atoms with Gasteiger partial charge in [0.25, 0.3) is 0 Å². The minimum Gasteiger partial charge on any atom is -0.362 e. The van der Waals surface area contributed by atoms with Crippen LogP contribution < -0.4 is 4.90 Å². The van der Waals surface area contributed by atoms with E-state index in [-0.39, 0.29) is 35.0 Å². The summed E-state index contributed by atoms with van der Waals surface area (Å²) < 4.78 is 40.8. The SMILES string of the molecule is CC(C)CC(=O)N1CC[C@H](N(Cc2ccccc2C(F)(F)F)c2ccc(C#N)c(Cl)c2)C1. The van der Waals surface area contributed by atoms with Gasteiger partial charge in [-0.25, -0.2) is 0 Å². The zero-order valence-corrected chi connectivity index (χ0v) is 18.7. The van der Waals surface area contributed by atoms with Crippen LogP contribution in [-0.2, 0) is 17.5 Å². The number of likely N-dealkylation sites (tertiary alicyclic amines) is 1. The Labute approximate surface area is 191 Å². The van der Waals surface area contributed by atoms with E-state index >= 15 is 0 Å². The van der Waals surface area contributed by atoms with Crippen molar-refractivity contribution in [1.29, 1.82) is 5.26 Å². The van der Waals surface area contributed by atoms with Crippen molar-refractivity contribution in [3.05, 3.63) is 64.2 Å². The molecule has 2 aromatic rings. The van der Waals surface area contributed by atoms with Crippen molar-refractivity contribution >= 4 is 23.2 Å². The number of nitrogens with zero attached hydrogens (tertiary/aromatic N) is 3. The molecule has 0 saturated carbocycles. The van der Waals surface area contributed by atoms with Crippen LogP contribution in [0.25, 0.3) is 0 Å². The minimum absolute atomic E-state index is 0.00872. The van der Waals surface area contributed by atoms with Crippen LogP contribution in [0.2, 0.25) is 5.02 Å². The van der Waals surface area contributed by atoms with Gasteiger partial charge >= 0.3 is 6.18 Å². The number of carbonyl (C=O) groups is 1. The van der Waals surface area contributed by atoms with E-state index in [2.05, 4.69) is 0 Å². The first-order valence-electron chi connectivity index (χ1n) is 10.5. The quantitative estimate of drug-likeness (QED) is 0.537. The van der Waals surface area contributed by atoms with Gasteiger partial charge in [0.05, 0.1) is 16.1 Å². The molecule has 1 aliphatic rings. The van der Waals surface area contributed by atoms with Gasteiger partial charge in [0.1, 0.15) is 6.07 Å². The molecule has 1 heterocycles. The maximum absolute atomic E-state index is 13.6. The van der Waals surface area contributed by atoms with Crippen LogP contribution in [0.15, 0.2) is 42.5 Å². The smallest absolute Gasteiger partial charge is 0.362 e. The molecule has 170 valence electrons. The monoisotopic (exact) mass is 463 g/mol. The molecular weight excluding hydrogens is 439 g/mol. The zero-order valence-electron chi connectivity index (χ0n) is 18.0. The Balaban J connectivity index is 1.94. The molecule has 0 N–H and O–H groups in total. The van der Waals surface area contributed by atoms with Gasteiger partial charge in [0.15, 0.2) is 0 Å². The predicted octanol–water partition coefficient (Wildman–Crippen LogP) is 5.88. The van der Waals surface area contributed by atoms with Crippen molar-refractivity contribution in [3.8, 4) is 6.07 Å². The first kappa shape index (κ1) is 23.9. The number of anilines is 1. The summed E-state index contributed by atoms with van der Waals surface area (Å²) in [5, 5.41) is 9.41. The summed E-state index contributed by atoms with van der Waals surface area (Å²) in [6.45, 7) is 4.94. The van der Waals surface area contributed by atoms with Gasteiger partial charge in [0, 0.05) is 37.8 Å². The lowest BCUT2D eigenvalue weighted by atomic mass is 10.0. The lowest BCUT2D eigenvalue weighted by Crippen LogP contribution is -2.39. The van der Waals surface area contributed by atoms with E-state index in [1.54, 1.807) is 29.2 Å². The highest BCUT2D eigenvalue weighted by molar-refractivity contribution is 6.32. The third-order valence-electron chi connectivity index (χ3n) is 5.61. The molecule has 0 bridgehead atoms. The van der Waals surface area contributed by atoms with Crippen LogP contribution in [0.3, 0.4) is 0 Å². The van der Waals surface area contributed by atoms with Crippen LogP contribution in [0.4, 0.5) is 18.9 Å². The van der Waals surface area contributed by atoms with E-state index in [0.717, 1.165) is 6.07 Å². The van der Waals surface area contributed by atoms with Gasteiger partial charge < -0.3 is 9.80 Å². The van der Waals surface area contributed by atoms with E-state index in [4.69, 9.17) is 11.6 Å². The molecule has 1 fully saturated rings. The second-order valence-electron chi connectivity index (χ2n) is 8.44. The van der Waals surface area contributed by atoms with E-state index < -0.39 is 11.7 Å². The molecule has 1 atom stereocenters. The summed E-state index contributed by atoms with van der Waals surface area (Å²) in [5.41, 5.74) is 0.378. The number of rotatable bonds is 6. The molecular formula is C24H25ClF3N3O. The lowest BCUT2D eigenvalue weighted by Gasteiger charge is -2.32. The number of carbonyl (C=O) groups excluding carboxylic acids is 1. The first-order valence-corrected chi connectivity index (χ1v) is 10.9. The Morgan fingerprint density at radius 1 is 1.28 bits per heavy atom. The first-order chi connectivity index (χ1) is 15.1. The van der Waals surface area contributed by atoms with Crippen molar-refractivity contribution in [2.45, 2.75) is 45.5 Å². The molecule has 0 aliphatic carbocycles. The Bertz CT molecular complexity index is 1020. The summed E-state index contributed by atoms with van der Waals surface area (Å²) in [6.07, 6.45) is -3.40. The summed E-state index contributed by atoms with van der Waals surface area (Å²) in [6, 6.07) is 12.2. The molecule has 0 spiro atoms. The highest BCUT2D eigenvalue weighted by Gasteiger charge is 2.35. The third-order valence-corrected chi connectivity index (χ3v) is 5.92. The summed E-state index contributed by atoms with van der Waals surface area (Å²) in [4.78, 5) is 16.2. The van der Waals surface area contributed by atoms with Crippen molar-refractivity contribution in [2.75, 3.05) is 18.0 Å². The molecule has 8 heteroatoms. The Kier molecular flexibility index (Phi) is 7.35. The highest BCUT2D eigenvalue weighted by atomic mass is 35.5. The van der Waals surface area contributed by atoms with Crippen LogP contribution in [-0.4, -0.2) is 29.9 Å². The summed E-state index contributed by atoms with van der Waals surface area (Å²) in [7, 11) is 0. The number of nitriles is 1. The fourth-order valence-corrected chi connectivity index (χ4v) is 4.24. The average Bonchev–Trinajstić information content (AvgIpc) is 3.21. The third kappa shape index (κ3) is 5.55. The highest BCUT2D eigenvalue weighted by Crippen LogP contribution is 2.35. The standard InChI is InChI=1S/C24H25ClF3N3O/c1-16(2)11-23(32)30-10-9-20(15-30)31(19-8-7-17(13-29)22(25)12-19)14-18-5-3-4-6-21(18)24(26,27)28/h3-8,12,16,20H,9-11,14-15H2,1-2H3/t20-/m0/s1. The van der Waals surface area contributed by atoms with E-state index in [9.17, 15) is 23.2 Å². The second-order valence-corrected chi connectivity index (χ2v) is 8.85. The molecule has 0 radical (unpaired) electrons. The fourth-order valence-electron chi connectivity index (χ4n) is 4.02. The summed E-state index contributed by atoms with van der Waals surface area (Å²) >= 11 is 6.23. The van der Waals surface area contributed by atoms with Crippen molar-refractivity contribution in [2.24, 2.45) is 5.92 Å². The fraction of sp³-hybridized carbons (Fsp3) is 0.417. The van der Waals surface area contributed by atoms with Crippen molar-refractivity contribution in [1.82, 2.24) is 4.90 Å². The van der Waals surface area contributed by atoms with Crippen LogP contribution >= 0.6 is 11.6 Å². The lowest BCUT2D eigenvalue weighted by molar-refractivity contribution is -0.138. The molecule has 1 saturated heterocycles. The van der Waals surface area contributed by atoms with Crippen LogP contribution in [0.5, 0.6) is 0 Å². The van der Waals surface area contributed by atoms with Gasteiger partial charge in [-0.05, 0) is 42.2 Å². The molecule has 3 rings (SSSR count). The van der Waals surface area contributed by atoms with E-state index in [0.29, 0.717) is 37.2 Å². The minimum atomic E-state index is -4.47. The molecule has 0 aromatic heterocycles. The normalized spacial score (nSPS) is 16.3. The van der Waals surface area contributed by atoms with Gasteiger partial charge in [0.2, 0.25) is 5.91 Å². The van der Waals surface area contributed by atoms with Gasteiger partial charge in [-0.2, -0.15) is 18.4 Å². The molecule has 1 amide bonds. The molecule has 32 heavy (non-hydrogen) atoms. The van der Waals surface area contributed by atoms with Crippen LogP contribution in [0.1, 0.15) is 43.4 Å². The molecule has 2 aromatic carbocycles. The van der Waals surface area contributed by atoms with Gasteiger partial charge in [-0.3, -0.25) is 4.79 Å². The second kappa shape index (κ2) is 9.83. The number of amides is 1. The Hall–Kier alpha value is -2.72. The Morgan fingerprint density at radius 3 is 2.62 bits per heavy atom. The Morgan fingerprint density at radius 2 is 2.00 bits per heavy atom. The molecule has 4 nitrogen and oxygen atoms in total. The maximum Gasteiger partial charge on any atom is 0.416 e. The van der Waals surface area contributed by atoms with Crippen molar-refractivity contribution in [3.63, 3.8) is 0 Å². The zero-order chi connectivity index (χ0) is 23.5. The number of hydrogen-bond acceptors (Lipinski definition) is 3. The van der Waals surface area contributed by atoms with Crippen LogP contribution in [0, 0.1) is 17.2 Å².